The summed E-state index contributed by atoms with van der Waals surface area (Å²) in [5, 5.41) is 8.80. The van der Waals surface area contributed by atoms with Gasteiger partial charge in [-0.3, -0.25) is 0 Å². The monoisotopic (exact) mass is 310 g/mol. The van der Waals surface area contributed by atoms with E-state index < -0.39 is 5.97 Å². The van der Waals surface area contributed by atoms with E-state index in [1.54, 1.807) is 6.92 Å². The SMILES string of the molecule is Cc1oc(C(=O)O)cc1COc1cccc(Br)c1. The number of aryl methyl sites for hydroxylation is 1. The van der Waals surface area contributed by atoms with E-state index in [0.29, 0.717) is 11.5 Å². The van der Waals surface area contributed by atoms with Crippen LogP contribution in [-0.4, -0.2) is 11.1 Å². The molecule has 18 heavy (non-hydrogen) atoms. The van der Waals surface area contributed by atoms with Crippen molar-refractivity contribution in [2.24, 2.45) is 0 Å². The van der Waals surface area contributed by atoms with E-state index in [1.165, 1.54) is 6.07 Å². The molecule has 2 aromatic rings. The summed E-state index contributed by atoms with van der Waals surface area (Å²) >= 11 is 3.35. The van der Waals surface area contributed by atoms with Crippen LogP contribution in [0.3, 0.4) is 0 Å². The number of carboxylic acids is 1. The molecule has 1 N–H and O–H groups in total. The molecule has 0 saturated carbocycles. The molecule has 0 aliphatic heterocycles. The number of aromatic carboxylic acids is 1. The van der Waals surface area contributed by atoms with Gasteiger partial charge >= 0.3 is 5.97 Å². The lowest BCUT2D eigenvalue weighted by Crippen LogP contribution is -1.96. The topological polar surface area (TPSA) is 59.7 Å². The molecule has 0 amide bonds. The standard InChI is InChI=1S/C13H11BrO4/c1-8-9(5-12(18-8)13(15)16)7-17-11-4-2-3-10(14)6-11/h2-6H,7H2,1H3,(H,15,16). The number of carboxylic acid groups (broad SMARTS) is 1. The van der Waals surface area contributed by atoms with Gasteiger partial charge in [0.1, 0.15) is 18.1 Å². The van der Waals surface area contributed by atoms with Gasteiger partial charge in [0.05, 0.1) is 0 Å². The number of halogens is 1. The summed E-state index contributed by atoms with van der Waals surface area (Å²) in [6, 6.07) is 8.92. The largest absolute Gasteiger partial charge is 0.489 e. The van der Waals surface area contributed by atoms with Gasteiger partial charge in [0.25, 0.3) is 0 Å². The lowest BCUT2D eigenvalue weighted by molar-refractivity contribution is 0.0661. The van der Waals surface area contributed by atoms with Crippen molar-refractivity contribution in [3.05, 3.63) is 51.9 Å². The molecule has 1 aromatic carbocycles. The molecule has 0 saturated heterocycles. The Bertz CT molecular complexity index is 574. The highest BCUT2D eigenvalue weighted by molar-refractivity contribution is 9.10. The van der Waals surface area contributed by atoms with Crippen LogP contribution in [0, 0.1) is 6.92 Å². The highest BCUT2D eigenvalue weighted by Crippen LogP contribution is 2.21. The normalized spacial score (nSPS) is 10.3. The molecule has 94 valence electrons. The second-order valence-corrected chi connectivity index (χ2v) is 4.66. The fourth-order valence-corrected chi connectivity index (χ4v) is 1.86. The van der Waals surface area contributed by atoms with Crippen LogP contribution >= 0.6 is 15.9 Å². The van der Waals surface area contributed by atoms with Crippen LogP contribution in [0.4, 0.5) is 0 Å². The quantitative estimate of drug-likeness (QED) is 0.936. The lowest BCUT2D eigenvalue weighted by atomic mass is 10.2. The second-order valence-electron chi connectivity index (χ2n) is 3.74. The molecule has 0 aliphatic carbocycles. The molecule has 0 spiro atoms. The minimum Gasteiger partial charge on any atom is -0.489 e. The summed E-state index contributed by atoms with van der Waals surface area (Å²) in [6.07, 6.45) is 0. The maximum Gasteiger partial charge on any atom is 0.371 e. The van der Waals surface area contributed by atoms with Gasteiger partial charge in [0.2, 0.25) is 5.76 Å². The third kappa shape index (κ3) is 2.92. The molecule has 0 radical (unpaired) electrons. The Labute approximate surface area is 112 Å². The number of hydrogen-bond acceptors (Lipinski definition) is 3. The summed E-state index contributed by atoms with van der Waals surface area (Å²) in [5.74, 6) is 0.122. The van der Waals surface area contributed by atoms with Gasteiger partial charge < -0.3 is 14.3 Å². The highest BCUT2D eigenvalue weighted by atomic mass is 79.9. The van der Waals surface area contributed by atoms with Crippen LogP contribution in [0.5, 0.6) is 5.75 Å². The molecule has 1 heterocycles. The van der Waals surface area contributed by atoms with E-state index in [4.69, 9.17) is 14.3 Å². The molecule has 0 fully saturated rings. The molecule has 4 nitrogen and oxygen atoms in total. The Kier molecular flexibility index (Phi) is 3.72. The van der Waals surface area contributed by atoms with Crippen molar-refractivity contribution in [1.82, 2.24) is 0 Å². The third-order valence-corrected chi connectivity index (χ3v) is 2.92. The minimum absolute atomic E-state index is 0.0691. The van der Waals surface area contributed by atoms with E-state index in [2.05, 4.69) is 15.9 Å². The summed E-state index contributed by atoms with van der Waals surface area (Å²) in [4.78, 5) is 10.7. The van der Waals surface area contributed by atoms with Gasteiger partial charge in [-0.25, -0.2) is 4.79 Å². The molecule has 0 aliphatic rings. The molecule has 0 atom stereocenters. The van der Waals surface area contributed by atoms with Crippen LogP contribution < -0.4 is 4.74 Å². The number of benzene rings is 1. The van der Waals surface area contributed by atoms with Gasteiger partial charge in [-0.05, 0) is 31.2 Å². The molecule has 0 bridgehead atoms. The van der Waals surface area contributed by atoms with Crippen LogP contribution in [0.15, 0.2) is 39.2 Å². The van der Waals surface area contributed by atoms with E-state index in [1.807, 2.05) is 24.3 Å². The first kappa shape index (κ1) is 12.7. The molecular formula is C13H11BrO4. The minimum atomic E-state index is -1.08. The molecular weight excluding hydrogens is 300 g/mol. The Morgan fingerprint density at radius 3 is 2.83 bits per heavy atom. The van der Waals surface area contributed by atoms with Crippen molar-refractivity contribution in [3.63, 3.8) is 0 Å². The average Bonchev–Trinajstić information content (AvgIpc) is 2.68. The summed E-state index contributed by atoms with van der Waals surface area (Å²) < 4.78 is 11.6. The highest BCUT2D eigenvalue weighted by Gasteiger charge is 2.13. The number of carbonyl (C=O) groups is 1. The van der Waals surface area contributed by atoms with Gasteiger partial charge in [0.15, 0.2) is 0 Å². The van der Waals surface area contributed by atoms with Crippen LogP contribution in [0.2, 0.25) is 0 Å². The molecule has 2 rings (SSSR count). The van der Waals surface area contributed by atoms with E-state index in [-0.39, 0.29) is 12.4 Å². The predicted octanol–water partition coefficient (Wildman–Crippen LogP) is 3.63. The van der Waals surface area contributed by atoms with E-state index in [0.717, 1.165) is 10.0 Å². The van der Waals surface area contributed by atoms with Crippen LogP contribution in [0.25, 0.3) is 0 Å². The zero-order valence-corrected chi connectivity index (χ0v) is 11.2. The van der Waals surface area contributed by atoms with Crippen molar-refractivity contribution in [2.75, 3.05) is 0 Å². The summed E-state index contributed by atoms with van der Waals surface area (Å²) in [5.41, 5.74) is 0.729. The molecule has 0 unspecified atom stereocenters. The first-order chi connectivity index (χ1) is 8.56. The Balaban J connectivity index is 2.08. The number of hydrogen-bond donors (Lipinski definition) is 1. The number of rotatable bonds is 4. The maximum absolute atomic E-state index is 10.7. The first-order valence-corrected chi connectivity index (χ1v) is 6.06. The zero-order valence-electron chi connectivity index (χ0n) is 9.64. The van der Waals surface area contributed by atoms with Crippen molar-refractivity contribution >= 4 is 21.9 Å². The maximum atomic E-state index is 10.7. The predicted molar refractivity (Wildman–Crippen MR) is 68.9 cm³/mol. The zero-order chi connectivity index (χ0) is 13.1. The Morgan fingerprint density at radius 2 is 2.22 bits per heavy atom. The van der Waals surface area contributed by atoms with Crippen molar-refractivity contribution in [2.45, 2.75) is 13.5 Å². The molecule has 5 heteroatoms. The third-order valence-electron chi connectivity index (χ3n) is 2.42. The lowest BCUT2D eigenvalue weighted by Gasteiger charge is -2.05. The fourth-order valence-electron chi connectivity index (χ4n) is 1.49. The smallest absolute Gasteiger partial charge is 0.371 e. The van der Waals surface area contributed by atoms with Crippen molar-refractivity contribution in [1.29, 1.82) is 0 Å². The van der Waals surface area contributed by atoms with E-state index >= 15 is 0 Å². The average molecular weight is 311 g/mol. The van der Waals surface area contributed by atoms with Crippen molar-refractivity contribution < 1.29 is 19.1 Å². The van der Waals surface area contributed by atoms with Crippen LogP contribution in [0.1, 0.15) is 21.9 Å². The Morgan fingerprint density at radius 1 is 1.44 bits per heavy atom. The summed E-state index contributed by atoms with van der Waals surface area (Å²) in [6.45, 7) is 1.99. The van der Waals surface area contributed by atoms with Gasteiger partial charge in [0, 0.05) is 10.0 Å². The van der Waals surface area contributed by atoms with Gasteiger partial charge in [-0.2, -0.15) is 0 Å². The Hall–Kier alpha value is -1.75. The second kappa shape index (κ2) is 5.27. The van der Waals surface area contributed by atoms with Crippen molar-refractivity contribution in [3.8, 4) is 5.75 Å². The van der Waals surface area contributed by atoms with Gasteiger partial charge in [-0.15, -0.1) is 0 Å². The number of furan rings is 1. The number of ether oxygens (including phenoxy) is 1. The van der Waals surface area contributed by atoms with Gasteiger partial charge in [-0.1, -0.05) is 22.0 Å². The van der Waals surface area contributed by atoms with E-state index in [9.17, 15) is 4.79 Å². The first-order valence-electron chi connectivity index (χ1n) is 5.27. The van der Waals surface area contributed by atoms with Crippen LogP contribution in [-0.2, 0) is 6.61 Å². The fraction of sp³-hybridized carbons (Fsp3) is 0.154. The molecule has 1 aromatic heterocycles. The summed E-state index contributed by atoms with van der Waals surface area (Å²) in [7, 11) is 0.